The summed E-state index contributed by atoms with van der Waals surface area (Å²) in [6, 6.07) is 12.6. The topological polar surface area (TPSA) is 0 Å². The van der Waals surface area contributed by atoms with E-state index in [2.05, 4.69) is 15.9 Å². The molecule has 0 aliphatic heterocycles. The van der Waals surface area contributed by atoms with E-state index in [-0.39, 0.29) is 5.82 Å². The molecule has 0 unspecified atom stereocenters. The van der Waals surface area contributed by atoms with Crippen molar-refractivity contribution in [3.05, 3.63) is 63.3 Å². The molecule has 0 nitrogen and oxygen atoms in total. The Morgan fingerprint density at radius 2 is 1.88 bits per heavy atom. The van der Waals surface area contributed by atoms with Crippen molar-refractivity contribution in [2.45, 2.75) is 10.6 Å². The Bertz CT molecular complexity index is 510. The van der Waals surface area contributed by atoms with Gasteiger partial charge in [0.15, 0.2) is 0 Å². The third-order valence-corrected chi connectivity index (χ3v) is 4.68. The van der Waals surface area contributed by atoms with Gasteiger partial charge in [-0.3, -0.25) is 0 Å². The third kappa shape index (κ3) is 3.24. The lowest BCUT2D eigenvalue weighted by atomic mass is 10.2. The average Bonchev–Trinajstić information content (AvgIpc) is 2.30. The summed E-state index contributed by atoms with van der Waals surface area (Å²) in [5, 5.41) is 0.476. The number of hydrogen-bond donors (Lipinski definition) is 0. The molecule has 0 radical (unpaired) electrons. The highest BCUT2D eigenvalue weighted by Crippen LogP contribution is 2.32. The molecule has 0 amide bonds. The first-order chi connectivity index (χ1) is 8.18. The predicted octanol–water partition coefficient (Wildman–Crippen LogP) is 5.53. The van der Waals surface area contributed by atoms with E-state index in [0.717, 1.165) is 9.37 Å². The molecular weight excluding hydrogens is 323 g/mol. The number of thioether (sulfide) groups is 1. The molecule has 2 aromatic rings. The number of hydrogen-bond acceptors (Lipinski definition) is 1. The van der Waals surface area contributed by atoms with E-state index in [1.165, 1.54) is 6.07 Å². The average molecular weight is 332 g/mol. The van der Waals surface area contributed by atoms with Crippen LogP contribution in [0.1, 0.15) is 5.56 Å². The molecule has 0 aliphatic carbocycles. The van der Waals surface area contributed by atoms with E-state index >= 15 is 0 Å². The van der Waals surface area contributed by atoms with Crippen LogP contribution in [0.5, 0.6) is 0 Å². The zero-order chi connectivity index (χ0) is 12.3. The zero-order valence-corrected chi connectivity index (χ0v) is 11.9. The van der Waals surface area contributed by atoms with Gasteiger partial charge in [-0.15, -0.1) is 11.8 Å². The smallest absolute Gasteiger partial charge is 0.128 e. The first kappa shape index (κ1) is 12.9. The first-order valence-corrected chi connectivity index (χ1v) is 7.14. The summed E-state index contributed by atoms with van der Waals surface area (Å²) < 4.78 is 14.6. The lowest BCUT2D eigenvalue weighted by Gasteiger charge is -2.06. The van der Waals surface area contributed by atoms with Gasteiger partial charge in [0.25, 0.3) is 0 Å². The van der Waals surface area contributed by atoms with Crippen molar-refractivity contribution in [1.29, 1.82) is 0 Å². The van der Waals surface area contributed by atoms with Crippen LogP contribution in [-0.4, -0.2) is 0 Å². The summed E-state index contributed by atoms with van der Waals surface area (Å²) in [5.41, 5.74) is 0.551. The van der Waals surface area contributed by atoms with Crippen molar-refractivity contribution in [2.75, 3.05) is 0 Å². The van der Waals surface area contributed by atoms with Gasteiger partial charge in [0.1, 0.15) is 5.82 Å². The number of benzene rings is 2. The van der Waals surface area contributed by atoms with Gasteiger partial charge in [0.05, 0.1) is 0 Å². The Labute approximate surface area is 117 Å². The fraction of sp³-hybridized carbons (Fsp3) is 0.0769. The standard InChI is InChI=1S/C13H9BrClFS/c14-10-4-1-2-7-13(10)17-8-9-11(15)5-3-6-12(9)16/h1-7H,8H2. The van der Waals surface area contributed by atoms with Crippen molar-refractivity contribution in [3.63, 3.8) is 0 Å². The maximum Gasteiger partial charge on any atom is 0.128 e. The summed E-state index contributed by atoms with van der Waals surface area (Å²) in [6.07, 6.45) is 0. The lowest BCUT2D eigenvalue weighted by molar-refractivity contribution is 0.617. The van der Waals surface area contributed by atoms with Crippen LogP contribution < -0.4 is 0 Å². The van der Waals surface area contributed by atoms with Gasteiger partial charge in [-0.2, -0.15) is 0 Å². The van der Waals surface area contributed by atoms with Crippen LogP contribution in [0.2, 0.25) is 5.02 Å². The van der Waals surface area contributed by atoms with Crippen LogP contribution in [0.3, 0.4) is 0 Å². The van der Waals surface area contributed by atoms with Gasteiger partial charge < -0.3 is 0 Å². The normalized spacial score (nSPS) is 10.5. The molecule has 88 valence electrons. The Balaban J connectivity index is 2.16. The molecule has 17 heavy (non-hydrogen) atoms. The Kier molecular flexibility index (Phi) is 4.48. The van der Waals surface area contributed by atoms with E-state index in [9.17, 15) is 4.39 Å². The van der Waals surface area contributed by atoms with Crippen LogP contribution in [0, 0.1) is 5.82 Å². The van der Waals surface area contributed by atoms with Crippen molar-refractivity contribution >= 4 is 39.3 Å². The number of rotatable bonds is 3. The molecule has 2 rings (SSSR count). The van der Waals surface area contributed by atoms with Crippen LogP contribution in [-0.2, 0) is 5.75 Å². The van der Waals surface area contributed by atoms with Crippen molar-refractivity contribution in [1.82, 2.24) is 0 Å². The highest BCUT2D eigenvalue weighted by Gasteiger charge is 2.08. The highest BCUT2D eigenvalue weighted by atomic mass is 79.9. The second kappa shape index (κ2) is 5.89. The van der Waals surface area contributed by atoms with Gasteiger partial charge in [0, 0.05) is 25.7 Å². The largest absolute Gasteiger partial charge is 0.207 e. The Morgan fingerprint density at radius 3 is 2.59 bits per heavy atom. The van der Waals surface area contributed by atoms with Crippen LogP contribution in [0.25, 0.3) is 0 Å². The molecule has 4 heteroatoms. The van der Waals surface area contributed by atoms with Crippen molar-refractivity contribution in [3.8, 4) is 0 Å². The minimum Gasteiger partial charge on any atom is -0.207 e. The van der Waals surface area contributed by atoms with Crippen LogP contribution in [0.4, 0.5) is 4.39 Å². The molecule has 0 heterocycles. The van der Waals surface area contributed by atoms with Gasteiger partial charge >= 0.3 is 0 Å². The van der Waals surface area contributed by atoms with Gasteiger partial charge in [-0.1, -0.05) is 29.8 Å². The van der Waals surface area contributed by atoms with Gasteiger partial charge in [-0.25, -0.2) is 4.39 Å². The molecule has 0 fully saturated rings. The summed E-state index contributed by atoms with van der Waals surface area (Å²) in [5.74, 6) is 0.269. The van der Waals surface area contributed by atoms with Crippen LogP contribution >= 0.6 is 39.3 Å². The second-order valence-electron chi connectivity index (χ2n) is 3.42. The fourth-order valence-corrected chi connectivity index (χ4v) is 3.29. The number of halogens is 3. The van der Waals surface area contributed by atoms with E-state index in [0.29, 0.717) is 16.3 Å². The summed E-state index contributed by atoms with van der Waals surface area (Å²) in [4.78, 5) is 1.08. The van der Waals surface area contributed by atoms with E-state index in [1.807, 2.05) is 24.3 Å². The first-order valence-electron chi connectivity index (χ1n) is 4.98. The molecule has 0 atom stereocenters. The zero-order valence-electron chi connectivity index (χ0n) is 8.79. The maximum atomic E-state index is 13.5. The molecule has 2 aromatic carbocycles. The predicted molar refractivity (Wildman–Crippen MR) is 75.1 cm³/mol. The molecule has 0 saturated heterocycles. The SMILES string of the molecule is Fc1cccc(Cl)c1CSc1ccccc1Br. The highest BCUT2D eigenvalue weighted by molar-refractivity contribution is 9.10. The van der Waals surface area contributed by atoms with Crippen molar-refractivity contribution < 1.29 is 4.39 Å². The minimum atomic E-state index is -0.253. The third-order valence-electron chi connectivity index (χ3n) is 2.27. The lowest BCUT2D eigenvalue weighted by Crippen LogP contribution is -1.89. The molecule has 0 spiro atoms. The quantitative estimate of drug-likeness (QED) is 0.666. The Morgan fingerprint density at radius 1 is 1.12 bits per heavy atom. The minimum absolute atomic E-state index is 0.253. The summed E-state index contributed by atoms with van der Waals surface area (Å²) >= 11 is 11.0. The summed E-state index contributed by atoms with van der Waals surface area (Å²) in [7, 11) is 0. The molecule has 0 aliphatic rings. The van der Waals surface area contributed by atoms with Crippen LogP contribution in [0.15, 0.2) is 51.8 Å². The fourth-order valence-electron chi connectivity index (χ4n) is 1.38. The molecule has 0 saturated carbocycles. The molecule has 0 aromatic heterocycles. The van der Waals surface area contributed by atoms with E-state index < -0.39 is 0 Å². The van der Waals surface area contributed by atoms with Gasteiger partial charge in [0.2, 0.25) is 0 Å². The van der Waals surface area contributed by atoms with E-state index in [4.69, 9.17) is 11.6 Å². The van der Waals surface area contributed by atoms with Gasteiger partial charge in [-0.05, 0) is 40.2 Å². The maximum absolute atomic E-state index is 13.5. The Hall–Kier alpha value is -0.510. The monoisotopic (exact) mass is 330 g/mol. The molecular formula is C13H9BrClFS. The van der Waals surface area contributed by atoms with E-state index in [1.54, 1.807) is 23.9 Å². The molecule has 0 N–H and O–H groups in total. The van der Waals surface area contributed by atoms with Crippen molar-refractivity contribution in [2.24, 2.45) is 0 Å². The summed E-state index contributed by atoms with van der Waals surface area (Å²) in [6.45, 7) is 0. The second-order valence-corrected chi connectivity index (χ2v) is 5.70. The molecule has 0 bridgehead atoms.